The molecule has 0 fully saturated rings. The molecule has 3 N–H and O–H groups in total. The minimum atomic E-state index is -0.270. The molecule has 118 valence electrons. The number of nitrogens with two attached hydrogens (primary N) is 1. The number of amides is 1. The summed E-state index contributed by atoms with van der Waals surface area (Å²) in [6, 6.07) is 15.8. The van der Waals surface area contributed by atoms with Crippen molar-refractivity contribution in [2.45, 2.75) is 19.3 Å². The Morgan fingerprint density at radius 2 is 1.74 bits per heavy atom. The average Bonchev–Trinajstić information content (AvgIpc) is 2.55. The number of benzene rings is 2. The fraction of sp³-hybridized carbons (Fsp3) is 0.167. The number of aryl methyl sites for hydroxylation is 2. The topological polar surface area (TPSA) is 55.1 Å². The van der Waals surface area contributed by atoms with Crippen molar-refractivity contribution < 1.29 is 4.79 Å². The summed E-state index contributed by atoms with van der Waals surface area (Å²) in [7, 11) is 0. The molecule has 0 atom stereocenters. The number of rotatable bonds is 6. The van der Waals surface area contributed by atoms with Crippen LogP contribution in [0.4, 0.5) is 0 Å². The smallest absolute Gasteiger partial charge is 0.257 e. The highest BCUT2D eigenvalue weighted by atomic mass is 32.1. The Labute approximate surface area is 146 Å². The normalized spacial score (nSPS) is 10.1. The molecular formula is C18H18N2OS2. The van der Waals surface area contributed by atoms with Gasteiger partial charge in [-0.2, -0.15) is 0 Å². The third-order valence-electron chi connectivity index (χ3n) is 3.44. The van der Waals surface area contributed by atoms with Gasteiger partial charge in [0, 0.05) is 10.9 Å². The van der Waals surface area contributed by atoms with Gasteiger partial charge in [-0.3, -0.25) is 10.1 Å². The predicted octanol–water partition coefficient (Wildman–Crippen LogP) is 3.18. The van der Waals surface area contributed by atoms with Crippen LogP contribution < -0.4 is 11.1 Å². The van der Waals surface area contributed by atoms with E-state index in [-0.39, 0.29) is 11.0 Å². The summed E-state index contributed by atoms with van der Waals surface area (Å²) in [5.41, 5.74) is 9.34. The van der Waals surface area contributed by atoms with Gasteiger partial charge in [0.05, 0.1) is 0 Å². The second kappa shape index (κ2) is 8.50. The van der Waals surface area contributed by atoms with Crippen LogP contribution in [0, 0.1) is 0 Å². The summed E-state index contributed by atoms with van der Waals surface area (Å²) < 4.78 is 0. The van der Waals surface area contributed by atoms with Gasteiger partial charge in [-0.25, -0.2) is 0 Å². The van der Waals surface area contributed by atoms with Gasteiger partial charge in [0.15, 0.2) is 5.11 Å². The van der Waals surface area contributed by atoms with E-state index in [2.05, 4.69) is 29.7 Å². The van der Waals surface area contributed by atoms with E-state index >= 15 is 0 Å². The predicted molar refractivity (Wildman–Crippen MR) is 102 cm³/mol. The first-order valence-electron chi connectivity index (χ1n) is 7.32. The molecule has 2 rings (SSSR count). The third kappa shape index (κ3) is 5.54. The lowest BCUT2D eigenvalue weighted by Gasteiger charge is -2.06. The van der Waals surface area contributed by atoms with Gasteiger partial charge in [-0.1, -0.05) is 48.6 Å². The van der Waals surface area contributed by atoms with Gasteiger partial charge in [0.1, 0.15) is 0 Å². The molecule has 0 aromatic heterocycles. The SMILES string of the molecule is NC(=S)NC(=O)c1cccc(CCCc2cccc(C=S)c2)c1. The van der Waals surface area contributed by atoms with E-state index in [9.17, 15) is 4.79 Å². The maximum absolute atomic E-state index is 11.9. The maximum atomic E-state index is 11.9. The molecule has 2 aromatic carbocycles. The van der Waals surface area contributed by atoms with Crippen molar-refractivity contribution in [1.82, 2.24) is 5.32 Å². The molecule has 0 bridgehead atoms. The zero-order valence-corrected chi connectivity index (χ0v) is 14.3. The molecule has 0 saturated carbocycles. The number of nitrogens with one attached hydrogen (secondary N) is 1. The highest BCUT2D eigenvalue weighted by Crippen LogP contribution is 2.12. The second-order valence-electron chi connectivity index (χ2n) is 5.24. The molecule has 2 aromatic rings. The number of carbonyl (C=O) groups excluding carboxylic acids is 1. The summed E-state index contributed by atoms with van der Waals surface area (Å²) >= 11 is 9.64. The molecule has 5 heteroatoms. The molecule has 0 aliphatic heterocycles. The molecule has 0 heterocycles. The molecule has 0 saturated heterocycles. The summed E-state index contributed by atoms with van der Waals surface area (Å²) in [6.07, 6.45) is 2.87. The second-order valence-corrected chi connectivity index (χ2v) is 5.91. The van der Waals surface area contributed by atoms with Crippen molar-refractivity contribution in [3.8, 4) is 0 Å². The zero-order valence-electron chi connectivity index (χ0n) is 12.6. The minimum absolute atomic E-state index is 0.0150. The number of carbonyl (C=O) groups is 1. The van der Waals surface area contributed by atoms with E-state index in [1.807, 2.05) is 30.3 Å². The first kappa shape index (κ1) is 17.2. The third-order valence-corrected chi connectivity index (χ3v) is 3.82. The molecule has 0 radical (unpaired) electrons. The van der Waals surface area contributed by atoms with Crippen LogP contribution in [0.3, 0.4) is 0 Å². The largest absolute Gasteiger partial charge is 0.376 e. The molecular weight excluding hydrogens is 324 g/mol. The van der Waals surface area contributed by atoms with Crippen LogP contribution in [0.15, 0.2) is 48.5 Å². The number of hydrogen-bond donors (Lipinski definition) is 2. The van der Waals surface area contributed by atoms with Crippen molar-refractivity contribution in [1.29, 1.82) is 0 Å². The van der Waals surface area contributed by atoms with Crippen molar-refractivity contribution in [2.75, 3.05) is 0 Å². The van der Waals surface area contributed by atoms with Crippen molar-refractivity contribution in [3.05, 3.63) is 70.8 Å². The summed E-state index contributed by atoms with van der Waals surface area (Å²) in [6.45, 7) is 0. The van der Waals surface area contributed by atoms with E-state index in [1.165, 1.54) is 5.56 Å². The van der Waals surface area contributed by atoms with Crippen LogP contribution in [-0.4, -0.2) is 16.4 Å². The maximum Gasteiger partial charge on any atom is 0.257 e. The van der Waals surface area contributed by atoms with Crippen LogP contribution in [0.1, 0.15) is 33.5 Å². The quantitative estimate of drug-likeness (QED) is 0.792. The van der Waals surface area contributed by atoms with Crippen LogP contribution in [0.25, 0.3) is 0 Å². The van der Waals surface area contributed by atoms with Gasteiger partial charge < -0.3 is 5.73 Å². The summed E-state index contributed by atoms with van der Waals surface area (Å²) in [4.78, 5) is 11.9. The Kier molecular flexibility index (Phi) is 6.38. The Balaban J connectivity index is 1.94. The lowest BCUT2D eigenvalue weighted by molar-refractivity contribution is 0.0977. The Bertz CT molecular complexity index is 728. The van der Waals surface area contributed by atoms with E-state index in [0.717, 1.165) is 30.4 Å². The van der Waals surface area contributed by atoms with Crippen molar-refractivity contribution in [3.63, 3.8) is 0 Å². The Morgan fingerprint density at radius 1 is 1.09 bits per heavy atom. The van der Waals surface area contributed by atoms with Gasteiger partial charge in [-0.15, -0.1) is 0 Å². The Morgan fingerprint density at radius 3 is 2.39 bits per heavy atom. The van der Waals surface area contributed by atoms with Crippen LogP contribution >= 0.6 is 24.4 Å². The fourth-order valence-electron chi connectivity index (χ4n) is 2.37. The highest BCUT2D eigenvalue weighted by Gasteiger charge is 2.06. The van der Waals surface area contributed by atoms with E-state index in [4.69, 9.17) is 18.0 Å². The lowest BCUT2D eigenvalue weighted by Crippen LogP contribution is -2.34. The minimum Gasteiger partial charge on any atom is -0.376 e. The highest BCUT2D eigenvalue weighted by molar-refractivity contribution is 7.80. The van der Waals surface area contributed by atoms with Crippen LogP contribution in [-0.2, 0) is 12.8 Å². The summed E-state index contributed by atoms with van der Waals surface area (Å²) in [5, 5.41) is 4.11. The average molecular weight is 342 g/mol. The van der Waals surface area contributed by atoms with Crippen molar-refractivity contribution in [2.24, 2.45) is 5.73 Å². The molecule has 3 nitrogen and oxygen atoms in total. The van der Waals surface area contributed by atoms with Crippen molar-refractivity contribution >= 4 is 40.8 Å². The fourth-order valence-corrected chi connectivity index (χ4v) is 2.61. The van der Waals surface area contributed by atoms with Gasteiger partial charge >= 0.3 is 0 Å². The molecule has 0 spiro atoms. The molecule has 1 amide bonds. The molecule has 0 aliphatic carbocycles. The molecule has 0 unspecified atom stereocenters. The van der Waals surface area contributed by atoms with E-state index in [0.29, 0.717) is 5.56 Å². The molecule has 23 heavy (non-hydrogen) atoms. The summed E-state index contributed by atoms with van der Waals surface area (Å²) in [5.74, 6) is -0.270. The first-order valence-corrected chi connectivity index (χ1v) is 8.20. The van der Waals surface area contributed by atoms with Crippen LogP contribution in [0.5, 0.6) is 0 Å². The van der Waals surface area contributed by atoms with E-state index in [1.54, 1.807) is 11.4 Å². The number of hydrogen-bond acceptors (Lipinski definition) is 3. The standard InChI is InChI=1S/C18H18N2OS2/c19-18(23)20-17(21)16-9-3-7-14(11-16)6-1-4-13-5-2-8-15(10-13)12-22/h2-3,5,7-12H,1,4,6H2,(H3,19,20,21,23). The first-order chi connectivity index (χ1) is 11.1. The Hall–Kier alpha value is -2.11. The van der Waals surface area contributed by atoms with Crippen LogP contribution in [0.2, 0.25) is 0 Å². The van der Waals surface area contributed by atoms with E-state index < -0.39 is 0 Å². The zero-order chi connectivity index (χ0) is 16.7. The van der Waals surface area contributed by atoms with Gasteiger partial charge in [-0.05, 0) is 60.3 Å². The van der Waals surface area contributed by atoms with Gasteiger partial charge in [0.2, 0.25) is 0 Å². The lowest BCUT2D eigenvalue weighted by atomic mass is 10.0. The number of thiocarbonyl (C=S) groups is 2. The monoisotopic (exact) mass is 342 g/mol. The molecule has 0 aliphatic rings. The van der Waals surface area contributed by atoms with Gasteiger partial charge in [0.25, 0.3) is 5.91 Å².